The van der Waals surface area contributed by atoms with E-state index in [1.54, 1.807) is 6.92 Å². The number of esters is 1. The van der Waals surface area contributed by atoms with Gasteiger partial charge in [0.15, 0.2) is 0 Å². The van der Waals surface area contributed by atoms with Gasteiger partial charge in [-0.05, 0) is 43.1 Å². The molecule has 1 aliphatic heterocycles. The molecule has 1 saturated carbocycles. The van der Waals surface area contributed by atoms with Crippen LogP contribution in [-0.4, -0.2) is 59.1 Å². The van der Waals surface area contributed by atoms with Gasteiger partial charge in [-0.3, -0.25) is 18.7 Å². The van der Waals surface area contributed by atoms with Crippen LogP contribution in [0.25, 0.3) is 0 Å². The van der Waals surface area contributed by atoms with Crippen molar-refractivity contribution in [1.82, 2.24) is 4.90 Å². The van der Waals surface area contributed by atoms with Gasteiger partial charge < -0.3 is 16.2 Å². The zero-order valence-electron chi connectivity index (χ0n) is 25.8. The van der Waals surface area contributed by atoms with Crippen LogP contribution in [0.3, 0.4) is 0 Å². The summed E-state index contributed by atoms with van der Waals surface area (Å²) in [7, 11) is -3.60. The van der Waals surface area contributed by atoms with Crippen LogP contribution in [-0.2, 0) is 34.6 Å². The number of likely N-dealkylation sites (tertiary alicyclic amines) is 1. The molecule has 0 unspecified atom stereocenters. The average Bonchev–Trinajstić information content (AvgIpc) is 3.38. The van der Waals surface area contributed by atoms with E-state index < -0.39 is 37.5 Å². The van der Waals surface area contributed by atoms with Crippen molar-refractivity contribution in [1.29, 1.82) is 0 Å². The van der Waals surface area contributed by atoms with E-state index >= 15 is 0 Å². The fraction of sp³-hybridized carbons (Fsp3) is 0.700. The standard InChI is InChI=1S/C30H46NO7P.Na.H/c1-4-28(33)37-30(22(2)3)38-39(36,18-12-11-15-23-13-7-5-8-14-23)21-27(32)31-20-25(19-26(31)29(34)35)24-16-9-6-10-17-24;;/h5,7-8,13-14,22,24-26,30H,4,6,9-12,15-21H2,1-3H3,(H,34,35);;/q;+1;-1/t25-,26+,30-,39-;;/m1../s1. The van der Waals surface area contributed by atoms with Crippen LogP contribution in [0.4, 0.5) is 0 Å². The molecule has 1 heterocycles. The summed E-state index contributed by atoms with van der Waals surface area (Å²) in [5.74, 6) is -1.61. The Kier molecular flexibility index (Phi) is 14.9. The second-order valence-corrected chi connectivity index (χ2v) is 14.1. The van der Waals surface area contributed by atoms with Gasteiger partial charge in [0.25, 0.3) is 0 Å². The maximum atomic E-state index is 14.2. The van der Waals surface area contributed by atoms with Crippen molar-refractivity contribution in [3.63, 3.8) is 0 Å². The first-order valence-corrected chi connectivity index (χ1v) is 16.6. The van der Waals surface area contributed by atoms with Crippen LogP contribution >= 0.6 is 7.37 Å². The molecule has 0 spiro atoms. The Bertz CT molecular complexity index is 1010. The molecule has 0 aromatic heterocycles. The Labute approximate surface area is 263 Å². The fourth-order valence-electron chi connectivity index (χ4n) is 5.80. The summed E-state index contributed by atoms with van der Waals surface area (Å²) in [4.78, 5) is 39.2. The van der Waals surface area contributed by atoms with E-state index in [4.69, 9.17) is 9.26 Å². The summed E-state index contributed by atoms with van der Waals surface area (Å²) >= 11 is 0. The van der Waals surface area contributed by atoms with Gasteiger partial charge in [-0.2, -0.15) is 0 Å². The van der Waals surface area contributed by atoms with Gasteiger partial charge in [0.2, 0.25) is 19.6 Å². The first-order valence-electron chi connectivity index (χ1n) is 14.6. The number of carboxylic acid groups (broad SMARTS) is 1. The molecule has 1 aromatic carbocycles. The van der Waals surface area contributed by atoms with Crippen molar-refractivity contribution in [2.45, 2.75) is 97.3 Å². The fourth-order valence-corrected chi connectivity index (χ4v) is 8.10. The number of carboxylic acids is 1. The van der Waals surface area contributed by atoms with Gasteiger partial charge in [-0.25, -0.2) is 4.79 Å². The predicted molar refractivity (Wildman–Crippen MR) is 152 cm³/mol. The van der Waals surface area contributed by atoms with Crippen LogP contribution in [0, 0.1) is 17.8 Å². The SMILES string of the molecule is CCC(=O)O[C@H](O[P@](=O)(CCCCc1ccccc1)CC(=O)N1C[C@H](C2CCCCC2)C[C@H]1C(=O)O)C(C)C.[H-].[Na+]. The molecule has 10 heteroatoms. The minimum absolute atomic E-state index is 0. The number of rotatable bonds is 14. The molecule has 0 radical (unpaired) electrons. The van der Waals surface area contributed by atoms with Crippen LogP contribution in [0.15, 0.2) is 30.3 Å². The zero-order valence-corrected chi connectivity index (χ0v) is 27.7. The Hall–Kier alpha value is -1.18. The van der Waals surface area contributed by atoms with Crippen molar-refractivity contribution < 1.29 is 64.3 Å². The Morgan fingerprint density at radius 3 is 2.35 bits per heavy atom. The van der Waals surface area contributed by atoms with E-state index in [9.17, 15) is 24.1 Å². The third-order valence-corrected chi connectivity index (χ3v) is 10.4. The molecule has 0 bridgehead atoms. The first kappa shape index (κ1) is 35.0. The van der Waals surface area contributed by atoms with Gasteiger partial charge in [0.1, 0.15) is 12.2 Å². The van der Waals surface area contributed by atoms with Gasteiger partial charge in [-0.1, -0.05) is 83.2 Å². The number of carbonyl (C=O) groups excluding carboxylic acids is 2. The number of hydrogen-bond acceptors (Lipinski definition) is 6. The van der Waals surface area contributed by atoms with Crippen LogP contribution in [0.2, 0.25) is 0 Å². The topological polar surface area (TPSA) is 110 Å². The van der Waals surface area contributed by atoms with Crippen molar-refractivity contribution in [2.24, 2.45) is 17.8 Å². The minimum Gasteiger partial charge on any atom is -1.00 e. The molecular formula is C30H47NNaO7P. The zero-order chi connectivity index (χ0) is 28.4. The number of hydrogen-bond donors (Lipinski definition) is 1. The maximum absolute atomic E-state index is 14.2. The number of aliphatic carboxylic acids is 1. The summed E-state index contributed by atoms with van der Waals surface area (Å²) in [6.07, 6.45) is 7.12. The van der Waals surface area contributed by atoms with Crippen molar-refractivity contribution in [3.05, 3.63) is 35.9 Å². The van der Waals surface area contributed by atoms with Crippen LogP contribution < -0.4 is 29.6 Å². The second kappa shape index (κ2) is 17.1. The number of benzene rings is 1. The molecule has 8 nitrogen and oxygen atoms in total. The molecule has 1 N–H and O–H groups in total. The smallest absolute Gasteiger partial charge is 1.00 e. The molecule has 1 saturated heterocycles. The maximum Gasteiger partial charge on any atom is 1.00 e. The molecule has 1 amide bonds. The second-order valence-electron chi connectivity index (χ2n) is 11.5. The van der Waals surface area contributed by atoms with Crippen molar-refractivity contribution >= 4 is 25.2 Å². The normalized spacial score (nSPS) is 21.9. The first-order chi connectivity index (χ1) is 18.6. The van der Waals surface area contributed by atoms with Crippen molar-refractivity contribution in [2.75, 3.05) is 18.9 Å². The number of amides is 1. The molecule has 4 atom stereocenters. The molecule has 1 aromatic rings. The van der Waals surface area contributed by atoms with Gasteiger partial charge >= 0.3 is 41.5 Å². The third-order valence-electron chi connectivity index (χ3n) is 8.07. The number of unbranched alkanes of at least 4 members (excludes halogenated alkanes) is 1. The number of aryl methyl sites for hydroxylation is 1. The number of nitrogens with zero attached hydrogens (tertiary/aromatic N) is 1. The number of ether oxygens (including phenoxy) is 1. The summed E-state index contributed by atoms with van der Waals surface area (Å²) in [5, 5.41) is 9.92. The monoisotopic (exact) mass is 587 g/mol. The minimum atomic E-state index is -3.60. The molecular weight excluding hydrogens is 540 g/mol. The van der Waals surface area contributed by atoms with E-state index in [2.05, 4.69) is 0 Å². The quantitative estimate of drug-likeness (QED) is 0.117. The van der Waals surface area contributed by atoms with Gasteiger partial charge in [0.05, 0.1) is 0 Å². The van der Waals surface area contributed by atoms with E-state index in [1.807, 2.05) is 44.2 Å². The molecule has 2 fully saturated rings. The van der Waals surface area contributed by atoms with E-state index in [-0.39, 0.29) is 61.6 Å². The van der Waals surface area contributed by atoms with E-state index in [1.165, 1.54) is 16.9 Å². The Morgan fingerprint density at radius 1 is 1.07 bits per heavy atom. The van der Waals surface area contributed by atoms with E-state index in [0.29, 0.717) is 25.3 Å². The Balaban J connectivity index is 0.00000420. The third kappa shape index (κ3) is 10.6. The van der Waals surface area contributed by atoms with Crippen LogP contribution in [0.5, 0.6) is 0 Å². The van der Waals surface area contributed by atoms with Crippen molar-refractivity contribution in [3.8, 4) is 0 Å². The summed E-state index contributed by atoms with van der Waals surface area (Å²) < 4.78 is 25.7. The van der Waals surface area contributed by atoms with Crippen LogP contribution in [0.1, 0.15) is 85.5 Å². The molecule has 1 aliphatic carbocycles. The average molecular weight is 588 g/mol. The van der Waals surface area contributed by atoms with Gasteiger partial charge in [0, 0.05) is 25.0 Å². The summed E-state index contributed by atoms with van der Waals surface area (Å²) in [6, 6.07) is 9.10. The van der Waals surface area contributed by atoms with E-state index in [0.717, 1.165) is 38.5 Å². The largest absolute Gasteiger partial charge is 1.00 e. The molecule has 2 aliphatic rings. The summed E-state index contributed by atoms with van der Waals surface area (Å²) in [6.45, 7) is 5.68. The number of carbonyl (C=O) groups is 3. The van der Waals surface area contributed by atoms with Gasteiger partial charge in [-0.15, -0.1) is 0 Å². The summed E-state index contributed by atoms with van der Waals surface area (Å²) in [5.41, 5.74) is 1.18. The molecule has 3 rings (SSSR count). The predicted octanol–water partition coefficient (Wildman–Crippen LogP) is 3.24. The molecule has 40 heavy (non-hydrogen) atoms. The molecule has 220 valence electrons. The Morgan fingerprint density at radius 2 is 1.75 bits per heavy atom.